The summed E-state index contributed by atoms with van der Waals surface area (Å²) in [6.45, 7) is 4.65. The van der Waals surface area contributed by atoms with Gasteiger partial charge in [0.25, 0.3) is 0 Å². The Bertz CT molecular complexity index is 853. The Kier molecular flexibility index (Phi) is 6.39. The number of morpholine rings is 1. The van der Waals surface area contributed by atoms with Gasteiger partial charge in [0.2, 0.25) is 5.95 Å². The quantitative estimate of drug-likeness (QED) is 0.503. The van der Waals surface area contributed by atoms with E-state index in [9.17, 15) is 4.79 Å². The van der Waals surface area contributed by atoms with Crippen molar-refractivity contribution < 1.29 is 18.5 Å². The van der Waals surface area contributed by atoms with Crippen LogP contribution in [-0.2, 0) is 13.7 Å². The number of aromatic nitrogens is 2. The summed E-state index contributed by atoms with van der Waals surface area (Å²) in [4.78, 5) is 25.9. The van der Waals surface area contributed by atoms with Gasteiger partial charge in [0, 0.05) is 36.1 Å². The number of hydrogen-bond donors (Lipinski definition) is 0. The van der Waals surface area contributed by atoms with Gasteiger partial charge in [-0.15, -0.1) is 0 Å². The number of amides is 1. The molecule has 0 spiro atoms. The summed E-state index contributed by atoms with van der Waals surface area (Å²) in [5.74, 6) is 0.876. The van der Waals surface area contributed by atoms with Crippen LogP contribution in [0.5, 0.6) is 0 Å². The molecule has 8 nitrogen and oxygen atoms in total. The second-order valence-corrected chi connectivity index (χ2v) is 7.92. The van der Waals surface area contributed by atoms with Crippen LogP contribution in [0.3, 0.4) is 0 Å². The molecular weight excluding hydrogens is 416 g/mol. The molecular formula is C19H21ClN4O4S. The Morgan fingerprint density at radius 2 is 2.00 bits per heavy atom. The predicted octanol–water partition coefficient (Wildman–Crippen LogP) is 3.40. The number of carbonyl (C=O) groups excluding carboxylic acids is 1. The van der Waals surface area contributed by atoms with E-state index >= 15 is 0 Å². The number of anilines is 2. The summed E-state index contributed by atoms with van der Waals surface area (Å²) in [6, 6.07) is 11.0. The van der Waals surface area contributed by atoms with E-state index in [4.69, 9.17) is 25.3 Å². The number of cyclic esters (lactones) is 1. The molecule has 2 aromatic rings. The van der Waals surface area contributed by atoms with Gasteiger partial charge in [0.15, 0.2) is 0 Å². The number of benzene rings is 1. The molecule has 2 atom stereocenters. The zero-order chi connectivity index (χ0) is 20.2. The van der Waals surface area contributed by atoms with Crippen molar-refractivity contribution in [3.05, 3.63) is 41.6 Å². The Labute approximate surface area is 178 Å². The van der Waals surface area contributed by atoms with Crippen molar-refractivity contribution in [1.29, 1.82) is 0 Å². The van der Waals surface area contributed by atoms with Crippen LogP contribution in [0.2, 0.25) is 5.15 Å². The zero-order valence-electron chi connectivity index (χ0n) is 15.9. The number of rotatable bonds is 6. The highest BCUT2D eigenvalue weighted by Crippen LogP contribution is 2.30. The lowest BCUT2D eigenvalue weighted by Crippen LogP contribution is -2.41. The highest BCUT2D eigenvalue weighted by Gasteiger charge is 2.41. The fourth-order valence-electron chi connectivity index (χ4n) is 3.18. The zero-order valence-corrected chi connectivity index (χ0v) is 17.4. The smallest absolute Gasteiger partial charge is 0.416 e. The molecule has 2 aliphatic rings. The topological polar surface area (TPSA) is 77.0 Å². The van der Waals surface area contributed by atoms with Gasteiger partial charge < -0.3 is 18.6 Å². The third-order valence-electron chi connectivity index (χ3n) is 4.70. The summed E-state index contributed by atoms with van der Waals surface area (Å²) in [5.41, 5.74) is 0. The molecule has 0 unspecified atom stereocenters. The third-order valence-corrected chi connectivity index (χ3v) is 5.62. The molecule has 10 heteroatoms. The van der Waals surface area contributed by atoms with Gasteiger partial charge in [-0.05, 0) is 19.1 Å². The van der Waals surface area contributed by atoms with E-state index in [1.54, 1.807) is 6.07 Å². The van der Waals surface area contributed by atoms with Gasteiger partial charge in [-0.25, -0.2) is 9.78 Å². The first kappa shape index (κ1) is 20.2. The molecule has 1 aromatic carbocycles. The van der Waals surface area contributed by atoms with Crippen molar-refractivity contribution in [2.75, 3.05) is 42.7 Å². The van der Waals surface area contributed by atoms with Crippen LogP contribution in [0.25, 0.3) is 0 Å². The molecule has 2 fully saturated rings. The molecule has 0 aliphatic carbocycles. The lowest BCUT2D eigenvalue weighted by atomic mass is 10.2. The molecule has 1 aromatic heterocycles. The van der Waals surface area contributed by atoms with Crippen molar-refractivity contribution in [1.82, 2.24) is 9.97 Å². The molecule has 0 radical (unpaired) electrons. The first-order valence-corrected chi connectivity index (χ1v) is 10.5. The highest BCUT2D eigenvalue weighted by molar-refractivity contribution is 7.94. The van der Waals surface area contributed by atoms with Crippen LogP contribution < -0.4 is 9.80 Å². The number of carbonyl (C=O) groups is 1. The van der Waals surface area contributed by atoms with Crippen molar-refractivity contribution >= 4 is 41.5 Å². The summed E-state index contributed by atoms with van der Waals surface area (Å²) in [7, 11) is 0. The van der Waals surface area contributed by atoms with E-state index in [0.717, 1.165) is 4.90 Å². The minimum Gasteiger partial charge on any atom is -0.444 e. The number of hydrogen-bond acceptors (Lipinski definition) is 8. The van der Waals surface area contributed by atoms with Gasteiger partial charge in [0.1, 0.15) is 23.1 Å². The maximum absolute atomic E-state index is 12.5. The predicted molar refractivity (Wildman–Crippen MR) is 111 cm³/mol. The second-order valence-electron chi connectivity index (χ2n) is 6.66. The van der Waals surface area contributed by atoms with Gasteiger partial charge in [0.05, 0.1) is 19.8 Å². The largest absolute Gasteiger partial charge is 0.444 e. The summed E-state index contributed by atoms with van der Waals surface area (Å²) in [6.07, 6.45) is -0.821. The second kappa shape index (κ2) is 9.17. The average molecular weight is 437 g/mol. The minimum atomic E-state index is -0.474. The van der Waals surface area contributed by atoms with E-state index in [1.165, 1.54) is 16.9 Å². The number of ether oxygens (including phenoxy) is 2. The molecule has 3 heterocycles. The molecule has 0 saturated carbocycles. The highest BCUT2D eigenvalue weighted by atomic mass is 35.5. The molecule has 4 rings (SSSR count). The Morgan fingerprint density at radius 3 is 2.76 bits per heavy atom. The van der Waals surface area contributed by atoms with E-state index < -0.39 is 6.09 Å². The monoisotopic (exact) mass is 436 g/mol. The van der Waals surface area contributed by atoms with E-state index in [-0.39, 0.29) is 23.9 Å². The van der Waals surface area contributed by atoms with E-state index in [1.807, 2.05) is 42.2 Å². The molecule has 2 aliphatic heterocycles. The van der Waals surface area contributed by atoms with Gasteiger partial charge >= 0.3 is 6.09 Å². The lowest BCUT2D eigenvalue weighted by molar-refractivity contribution is 0.122. The van der Waals surface area contributed by atoms with E-state index in [0.29, 0.717) is 38.1 Å². The first-order chi connectivity index (χ1) is 14.1. The van der Waals surface area contributed by atoms with Crippen LogP contribution in [0.4, 0.5) is 16.6 Å². The molecule has 1 amide bonds. The van der Waals surface area contributed by atoms with Crippen LogP contribution in [-0.4, -0.2) is 61.1 Å². The number of nitrogens with zero attached hydrogens (tertiary/aromatic N) is 4. The summed E-state index contributed by atoms with van der Waals surface area (Å²) < 4.78 is 16.6. The fourth-order valence-corrected chi connectivity index (χ4v) is 3.97. The van der Waals surface area contributed by atoms with Crippen molar-refractivity contribution in [3.63, 3.8) is 0 Å². The summed E-state index contributed by atoms with van der Waals surface area (Å²) in [5, 5.41) is 0.266. The van der Waals surface area contributed by atoms with Crippen LogP contribution >= 0.6 is 23.6 Å². The van der Waals surface area contributed by atoms with Gasteiger partial charge in [-0.1, -0.05) is 29.8 Å². The maximum atomic E-state index is 12.5. The molecule has 0 N–H and O–H groups in total. The molecule has 29 heavy (non-hydrogen) atoms. The Balaban J connectivity index is 1.51. The van der Waals surface area contributed by atoms with Crippen LogP contribution in [0.15, 0.2) is 41.3 Å². The van der Waals surface area contributed by atoms with Crippen LogP contribution in [0, 0.1) is 0 Å². The number of halogens is 1. The van der Waals surface area contributed by atoms with Crippen molar-refractivity contribution in [2.24, 2.45) is 0 Å². The molecule has 0 bridgehead atoms. The van der Waals surface area contributed by atoms with Crippen molar-refractivity contribution in [3.8, 4) is 0 Å². The SMILES string of the molecule is C[C@H]1OC(=O)N(c2cc(Cl)nc(N3CCOCC3)n2)[C@H]1COSc1ccccc1. The standard InChI is InChI=1S/C19H21ClN4O4S/c1-13-15(12-27-29-14-5-3-2-4-6-14)24(19(25)28-13)17-11-16(20)21-18(22-17)23-7-9-26-10-8-23/h2-6,11,13,15H,7-10,12H2,1H3/t13-,15+/m1/s1. The maximum Gasteiger partial charge on any atom is 0.416 e. The van der Waals surface area contributed by atoms with Gasteiger partial charge in [-0.3, -0.25) is 4.90 Å². The Hall–Kier alpha value is -2.07. The van der Waals surface area contributed by atoms with E-state index in [2.05, 4.69) is 9.97 Å². The van der Waals surface area contributed by atoms with Gasteiger partial charge in [-0.2, -0.15) is 4.98 Å². The normalized spacial score (nSPS) is 22.1. The third kappa shape index (κ3) is 4.75. The molecule has 154 valence electrons. The van der Waals surface area contributed by atoms with Crippen LogP contribution in [0.1, 0.15) is 6.92 Å². The first-order valence-electron chi connectivity index (χ1n) is 9.33. The average Bonchev–Trinajstić information content (AvgIpc) is 3.02. The summed E-state index contributed by atoms with van der Waals surface area (Å²) >= 11 is 7.50. The Morgan fingerprint density at radius 1 is 1.24 bits per heavy atom. The lowest BCUT2D eigenvalue weighted by Gasteiger charge is -2.28. The minimum absolute atomic E-state index is 0.266. The molecule has 2 saturated heterocycles. The fraction of sp³-hybridized carbons (Fsp3) is 0.421. The van der Waals surface area contributed by atoms with Crippen molar-refractivity contribution in [2.45, 2.75) is 24.0 Å².